The molecule has 4 atom stereocenters. The van der Waals surface area contributed by atoms with Crippen LogP contribution in [0.25, 0.3) is 11.1 Å². The van der Waals surface area contributed by atoms with E-state index in [0.717, 1.165) is 15.7 Å². The Hall–Kier alpha value is -2.39. The van der Waals surface area contributed by atoms with Crippen LogP contribution in [0.5, 0.6) is 11.5 Å². The highest BCUT2D eigenvalue weighted by Crippen LogP contribution is 2.34. The second-order valence-corrected chi connectivity index (χ2v) is 6.66. The quantitative estimate of drug-likeness (QED) is 0.611. The van der Waals surface area contributed by atoms with Gasteiger partial charge >= 0.3 is 0 Å². The Morgan fingerprint density at radius 3 is 2.33 bits per heavy atom. The topological polar surface area (TPSA) is 121 Å². The number of aromatic nitrogens is 1. The zero-order valence-electron chi connectivity index (χ0n) is 15.3. The number of aromatic hydroxyl groups is 1. The molecule has 0 aliphatic carbocycles. The Morgan fingerprint density at radius 1 is 1.19 bits per heavy atom. The predicted molar refractivity (Wildman–Crippen MR) is 96.8 cm³/mol. The molecule has 2 heterocycles. The van der Waals surface area contributed by atoms with Crippen LogP contribution in [-0.4, -0.2) is 57.0 Å². The highest BCUT2D eigenvalue weighted by atomic mass is 16.6. The maximum Gasteiger partial charge on any atom is 0.264 e. The van der Waals surface area contributed by atoms with Crippen LogP contribution in [0.4, 0.5) is 0 Å². The summed E-state index contributed by atoms with van der Waals surface area (Å²) in [5.41, 5.74) is 1.55. The summed E-state index contributed by atoms with van der Waals surface area (Å²) < 4.78 is 11.9. The maximum atomic E-state index is 13.0. The number of methoxy groups -OCH3 is 1. The van der Waals surface area contributed by atoms with Gasteiger partial charge in [-0.25, -0.2) is 0 Å². The number of pyridine rings is 1. The van der Waals surface area contributed by atoms with Crippen LogP contribution in [-0.2, 0) is 4.74 Å². The number of rotatable bonds is 4. The molecule has 0 bridgehead atoms. The van der Waals surface area contributed by atoms with Crippen molar-refractivity contribution in [2.24, 2.45) is 0 Å². The molecule has 8 heteroatoms. The van der Waals surface area contributed by atoms with E-state index in [2.05, 4.69) is 0 Å². The molecule has 0 radical (unpaired) electrons. The van der Waals surface area contributed by atoms with Crippen LogP contribution >= 0.6 is 0 Å². The normalized spacial score (nSPS) is 25.0. The second kappa shape index (κ2) is 7.32. The molecular formula is C19H23NO7. The highest BCUT2D eigenvalue weighted by Gasteiger charge is 2.43. The third kappa shape index (κ3) is 3.21. The molecule has 0 saturated carbocycles. The van der Waals surface area contributed by atoms with E-state index in [1.54, 1.807) is 19.2 Å². The molecule has 1 aromatic heterocycles. The number of nitrogens with zero attached hydrogens (tertiary/aromatic N) is 1. The van der Waals surface area contributed by atoms with Crippen molar-refractivity contribution < 1.29 is 29.9 Å². The minimum absolute atomic E-state index is 0.0455. The molecule has 27 heavy (non-hydrogen) atoms. The van der Waals surface area contributed by atoms with E-state index < -0.39 is 36.7 Å². The minimum atomic E-state index is -1.39. The Kier molecular flexibility index (Phi) is 5.25. The van der Waals surface area contributed by atoms with Crippen LogP contribution in [0.3, 0.4) is 0 Å². The van der Waals surface area contributed by atoms with Crippen molar-refractivity contribution in [1.82, 2.24) is 4.57 Å². The van der Waals surface area contributed by atoms with Crippen molar-refractivity contribution in [3.05, 3.63) is 45.9 Å². The van der Waals surface area contributed by atoms with Gasteiger partial charge < -0.3 is 29.9 Å². The summed E-state index contributed by atoms with van der Waals surface area (Å²) in [5, 5.41) is 39.7. The molecular weight excluding hydrogens is 354 g/mol. The molecule has 8 nitrogen and oxygen atoms in total. The molecule has 146 valence electrons. The van der Waals surface area contributed by atoms with Crippen LogP contribution in [0.1, 0.15) is 17.4 Å². The van der Waals surface area contributed by atoms with Gasteiger partial charge in [0.1, 0.15) is 29.8 Å². The molecule has 1 aromatic carbocycles. The van der Waals surface area contributed by atoms with Gasteiger partial charge in [0.2, 0.25) is 0 Å². The predicted octanol–water partition coefficient (Wildman–Crippen LogP) is 0.458. The average Bonchev–Trinajstić information content (AvgIpc) is 2.90. The molecule has 0 spiro atoms. The van der Waals surface area contributed by atoms with Gasteiger partial charge in [0, 0.05) is 6.20 Å². The Balaban J connectivity index is 2.12. The zero-order valence-corrected chi connectivity index (χ0v) is 15.3. The number of hydrogen-bond acceptors (Lipinski definition) is 7. The van der Waals surface area contributed by atoms with Crippen molar-refractivity contribution >= 4 is 0 Å². The van der Waals surface area contributed by atoms with Gasteiger partial charge in [-0.05, 0) is 48.7 Å². The van der Waals surface area contributed by atoms with E-state index in [-0.39, 0.29) is 11.3 Å². The molecule has 1 saturated heterocycles. The van der Waals surface area contributed by atoms with Gasteiger partial charge in [0.15, 0.2) is 6.23 Å². The van der Waals surface area contributed by atoms with Gasteiger partial charge in [-0.3, -0.25) is 9.36 Å². The number of benzene rings is 1. The maximum absolute atomic E-state index is 13.0. The second-order valence-electron chi connectivity index (χ2n) is 6.66. The Morgan fingerprint density at radius 2 is 1.81 bits per heavy atom. The van der Waals surface area contributed by atoms with E-state index in [1.807, 2.05) is 13.8 Å². The molecule has 1 aliphatic heterocycles. The fourth-order valence-electron chi connectivity index (χ4n) is 3.54. The van der Waals surface area contributed by atoms with E-state index in [0.29, 0.717) is 11.3 Å². The lowest BCUT2D eigenvalue weighted by atomic mass is 10.00. The number of aliphatic hydroxyl groups is 3. The minimum Gasteiger partial charge on any atom is -0.507 e. The van der Waals surface area contributed by atoms with Gasteiger partial charge in [0.25, 0.3) is 5.56 Å². The summed E-state index contributed by atoms with van der Waals surface area (Å²) in [4.78, 5) is 13.0. The molecule has 3 rings (SSSR count). The lowest BCUT2D eigenvalue weighted by molar-refractivity contribution is -0.0543. The molecule has 0 unspecified atom stereocenters. The first-order valence-electron chi connectivity index (χ1n) is 8.52. The monoisotopic (exact) mass is 377 g/mol. The lowest BCUT2D eigenvalue weighted by Crippen LogP contribution is -2.35. The molecule has 4 N–H and O–H groups in total. The Labute approximate surface area is 155 Å². The average molecular weight is 377 g/mol. The van der Waals surface area contributed by atoms with Crippen LogP contribution < -0.4 is 10.3 Å². The third-order valence-corrected chi connectivity index (χ3v) is 4.84. The summed E-state index contributed by atoms with van der Waals surface area (Å²) >= 11 is 0. The van der Waals surface area contributed by atoms with Crippen LogP contribution in [0.2, 0.25) is 0 Å². The van der Waals surface area contributed by atoms with E-state index in [1.165, 1.54) is 12.3 Å². The molecule has 1 aliphatic rings. The number of ether oxygens (including phenoxy) is 2. The van der Waals surface area contributed by atoms with Crippen molar-refractivity contribution in [3.63, 3.8) is 0 Å². The fourth-order valence-corrected chi connectivity index (χ4v) is 3.54. The number of hydrogen-bond donors (Lipinski definition) is 4. The van der Waals surface area contributed by atoms with Gasteiger partial charge in [-0.15, -0.1) is 0 Å². The van der Waals surface area contributed by atoms with Gasteiger partial charge in [-0.1, -0.05) is 0 Å². The highest BCUT2D eigenvalue weighted by molar-refractivity contribution is 5.71. The molecule has 0 amide bonds. The standard InChI is InChI=1S/C19H23NO7/c1-9-6-11(7-10(2)17(9)26-3)14-12(22)4-5-20(18(14)25)19-16(24)15(23)13(8-21)27-19/h4-7,13,15-16,19,21-24H,8H2,1-3H3/t13-,15-,16-,19-/m1/s1. The van der Waals surface area contributed by atoms with E-state index >= 15 is 0 Å². The fraction of sp³-hybridized carbons (Fsp3) is 0.421. The molecule has 1 fully saturated rings. The molecule has 2 aromatic rings. The Bertz CT molecular complexity index is 884. The number of aliphatic hydroxyl groups excluding tert-OH is 3. The zero-order chi connectivity index (χ0) is 19.9. The van der Waals surface area contributed by atoms with Crippen molar-refractivity contribution in [3.8, 4) is 22.6 Å². The van der Waals surface area contributed by atoms with E-state index in [4.69, 9.17) is 9.47 Å². The third-order valence-electron chi connectivity index (χ3n) is 4.84. The van der Waals surface area contributed by atoms with Gasteiger partial charge in [0.05, 0.1) is 19.3 Å². The lowest BCUT2D eigenvalue weighted by Gasteiger charge is -2.19. The summed E-state index contributed by atoms with van der Waals surface area (Å²) in [7, 11) is 1.56. The first-order valence-corrected chi connectivity index (χ1v) is 8.52. The summed E-state index contributed by atoms with van der Waals surface area (Å²) in [6, 6.07) is 4.77. The van der Waals surface area contributed by atoms with Crippen molar-refractivity contribution in [2.75, 3.05) is 13.7 Å². The summed E-state index contributed by atoms with van der Waals surface area (Å²) in [6.45, 7) is 3.17. The summed E-state index contributed by atoms with van der Waals surface area (Å²) in [6.07, 6.45) is -3.61. The SMILES string of the molecule is COc1c(C)cc(-c2c(O)ccn([C@@H]3O[C@H](CO)[C@@H](O)[C@H]3O)c2=O)cc1C. The van der Waals surface area contributed by atoms with Crippen LogP contribution in [0, 0.1) is 13.8 Å². The van der Waals surface area contributed by atoms with Crippen molar-refractivity contribution in [2.45, 2.75) is 38.4 Å². The van der Waals surface area contributed by atoms with Crippen molar-refractivity contribution in [1.29, 1.82) is 0 Å². The first-order chi connectivity index (χ1) is 12.8. The number of aryl methyl sites for hydroxylation is 2. The van der Waals surface area contributed by atoms with E-state index in [9.17, 15) is 25.2 Å². The van der Waals surface area contributed by atoms with Gasteiger partial charge in [-0.2, -0.15) is 0 Å². The largest absolute Gasteiger partial charge is 0.507 e. The van der Waals surface area contributed by atoms with Crippen LogP contribution in [0.15, 0.2) is 29.2 Å². The smallest absolute Gasteiger partial charge is 0.264 e. The summed E-state index contributed by atoms with van der Waals surface area (Å²) in [5.74, 6) is 0.477. The first kappa shape index (κ1) is 19.4.